The monoisotopic (exact) mass is 448 g/mol. The van der Waals surface area contributed by atoms with Crippen LogP contribution < -0.4 is 10.4 Å². The van der Waals surface area contributed by atoms with Crippen molar-refractivity contribution in [2.24, 2.45) is 0 Å². The minimum absolute atomic E-state index is 0.855. The van der Waals surface area contributed by atoms with Gasteiger partial charge in [-0.2, -0.15) is 0 Å². The molecule has 140 valence electrons. The molecule has 0 aliphatic carbocycles. The summed E-state index contributed by atoms with van der Waals surface area (Å²) in [5.74, 6) is 0. The molecular formula is C22H23Cl3Si2. The first-order valence-electron chi connectivity index (χ1n) is 9.63. The molecule has 0 saturated carbocycles. The molecule has 0 radical (unpaired) electrons. The molecule has 0 bridgehead atoms. The average Bonchev–Trinajstić information content (AvgIpc) is 2.67. The van der Waals surface area contributed by atoms with E-state index in [1.165, 1.54) is 39.7 Å². The Bertz CT molecular complexity index is 1050. The molecule has 4 aromatic carbocycles. The predicted molar refractivity (Wildman–Crippen MR) is 130 cm³/mol. The minimum Gasteiger partial charge on any atom is -0.121 e. The zero-order valence-electron chi connectivity index (χ0n) is 15.9. The Morgan fingerprint density at radius 2 is 0.926 bits per heavy atom. The summed E-state index contributed by atoms with van der Waals surface area (Å²) in [7, 11) is -1.42. The molecule has 27 heavy (non-hydrogen) atoms. The predicted octanol–water partition coefficient (Wildman–Crippen LogP) is 7.16. The minimum atomic E-state index is -2.91. The third kappa shape index (κ3) is 3.10. The van der Waals surface area contributed by atoms with E-state index in [2.05, 4.69) is 69.3 Å². The fourth-order valence-electron chi connectivity index (χ4n) is 4.67. The van der Waals surface area contributed by atoms with Crippen molar-refractivity contribution in [2.75, 3.05) is 0 Å². The maximum atomic E-state index is 6.29. The van der Waals surface area contributed by atoms with Gasteiger partial charge in [-0.25, -0.2) is 0 Å². The fourth-order valence-corrected chi connectivity index (χ4v) is 9.94. The smallest absolute Gasteiger partial charge is 0.121 e. The summed E-state index contributed by atoms with van der Waals surface area (Å²) in [6.07, 6.45) is 0. The highest BCUT2D eigenvalue weighted by molar-refractivity contribution is 7.69. The van der Waals surface area contributed by atoms with Gasteiger partial charge in [0.15, 0.2) is 0 Å². The van der Waals surface area contributed by atoms with Crippen LogP contribution in [0.2, 0.25) is 18.1 Å². The van der Waals surface area contributed by atoms with E-state index in [-0.39, 0.29) is 0 Å². The molecule has 0 heterocycles. The maximum absolute atomic E-state index is 6.29. The number of hydrogen-bond donors (Lipinski definition) is 0. The molecule has 0 fully saturated rings. The van der Waals surface area contributed by atoms with Gasteiger partial charge in [-0.05, 0) is 37.5 Å². The highest BCUT2D eigenvalue weighted by Crippen LogP contribution is 2.36. The molecule has 5 heteroatoms. The van der Waals surface area contributed by atoms with Gasteiger partial charge in [-0.1, -0.05) is 92.6 Å². The van der Waals surface area contributed by atoms with Crippen molar-refractivity contribution in [2.45, 2.75) is 38.9 Å². The summed E-state index contributed by atoms with van der Waals surface area (Å²) in [6.45, 7) is 7.10. The molecule has 0 unspecified atom stereocenters. The van der Waals surface area contributed by atoms with E-state index < -0.39 is 14.1 Å². The van der Waals surface area contributed by atoms with Gasteiger partial charge in [0.1, 0.15) is 0 Å². The molecule has 0 saturated heterocycles. The zero-order chi connectivity index (χ0) is 19.4. The van der Waals surface area contributed by atoms with Crippen molar-refractivity contribution in [1.82, 2.24) is 0 Å². The molecule has 0 aromatic heterocycles. The van der Waals surface area contributed by atoms with E-state index in [4.69, 9.17) is 33.2 Å². The first kappa shape index (κ1) is 19.5. The molecule has 0 aliphatic heterocycles. The van der Waals surface area contributed by atoms with E-state index >= 15 is 0 Å². The van der Waals surface area contributed by atoms with E-state index in [0.29, 0.717) is 0 Å². The van der Waals surface area contributed by atoms with Crippen molar-refractivity contribution in [3.05, 3.63) is 48.5 Å². The largest absolute Gasteiger partial charge is 0.372 e. The standard InChI is InChI=1S/C22H23Cl3Si2/c1-4-26(5-2,6-3)19-11-15-7-9-17-13-20(27(23,24)25)14-18-10-8-16(12-19)21(15)22(17)18/h7-14H,4-6H2,1-3H3. The lowest BCUT2D eigenvalue weighted by atomic mass is 9.94. The van der Waals surface area contributed by atoms with Crippen LogP contribution in [0, 0.1) is 0 Å². The molecule has 0 spiro atoms. The number of hydrogen-bond acceptors (Lipinski definition) is 0. The Morgan fingerprint density at radius 1 is 0.593 bits per heavy atom. The molecule has 0 N–H and O–H groups in total. The Morgan fingerprint density at radius 3 is 1.22 bits per heavy atom. The van der Waals surface area contributed by atoms with E-state index in [0.717, 1.165) is 16.0 Å². The first-order chi connectivity index (χ1) is 12.8. The lowest BCUT2D eigenvalue weighted by molar-refractivity contribution is 1.20. The third-order valence-corrected chi connectivity index (χ3v) is 15.0. The summed E-state index contributed by atoms with van der Waals surface area (Å²) >= 11 is 18.9. The van der Waals surface area contributed by atoms with Crippen LogP contribution in [0.25, 0.3) is 32.3 Å². The first-order valence-corrected chi connectivity index (χ1v) is 17.3. The van der Waals surface area contributed by atoms with Crippen molar-refractivity contribution >= 4 is 90.0 Å². The van der Waals surface area contributed by atoms with Crippen molar-refractivity contribution in [3.8, 4) is 0 Å². The molecule has 4 rings (SSSR count). The molecule has 4 aromatic rings. The lowest BCUT2D eigenvalue weighted by Gasteiger charge is -2.29. The van der Waals surface area contributed by atoms with Gasteiger partial charge in [0.2, 0.25) is 0 Å². The van der Waals surface area contributed by atoms with Crippen LogP contribution in [0.15, 0.2) is 48.5 Å². The van der Waals surface area contributed by atoms with Gasteiger partial charge in [0, 0.05) is 0 Å². The van der Waals surface area contributed by atoms with Crippen molar-refractivity contribution in [3.63, 3.8) is 0 Å². The highest BCUT2D eigenvalue weighted by Gasteiger charge is 2.31. The summed E-state index contributed by atoms with van der Waals surface area (Å²) in [5, 5.41) is 10.1. The van der Waals surface area contributed by atoms with Crippen LogP contribution >= 0.6 is 33.2 Å². The van der Waals surface area contributed by atoms with Crippen molar-refractivity contribution < 1.29 is 0 Å². The second-order valence-electron chi connectivity index (χ2n) is 7.56. The van der Waals surface area contributed by atoms with Gasteiger partial charge in [-0.3, -0.25) is 0 Å². The van der Waals surface area contributed by atoms with E-state index in [9.17, 15) is 0 Å². The number of rotatable bonds is 5. The van der Waals surface area contributed by atoms with E-state index in [1.807, 2.05) is 0 Å². The molecule has 0 atom stereocenters. The Balaban J connectivity index is 2.06. The van der Waals surface area contributed by atoms with Gasteiger partial charge in [0.05, 0.1) is 8.07 Å². The SMILES string of the molecule is CC[Si](CC)(CC)c1cc2ccc3cc([Si](Cl)(Cl)Cl)cc4ccc(c1)c2c34. The third-order valence-electron chi connectivity index (χ3n) is 6.50. The van der Waals surface area contributed by atoms with Crippen LogP contribution in [-0.4, -0.2) is 14.1 Å². The van der Waals surface area contributed by atoms with Crippen LogP contribution in [0.1, 0.15) is 20.8 Å². The lowest BCUT2D eigenvalue weighted by Crippen LogP contribution is -2.45. The highest BCUT2D eigenvalue weighted by atomic mass is 35.8. The van der Waals surface area contributed by atoms with Gasteiger partial charge >= 0.3 is 6.00 Å². The normalized spacial score (nSPS) is 13.3. The van der Waals surface area contributed by atoms with Gasteiger partial charge in [-0.15, -0.1) is 33.2 Å². The zero-order valence-corrected chi connectivity index (χ0v) is 20.1. The molecular weight excluding hydrogens is 427 g/mol. The van der Waals surface area contributed by atoms with Crippen LogP contribution in [0.5, 0.6) is 0 Å². The van der Waals surface area contributed by atoms with Gasteiger partial charge < -0.3 is 0 Å². The average molecular weight is 450 g/mol. The summed E-state index contributed by atoms with van der Waals surface area (Å²) in [5.41, 5.74) is 0. The molecule has 0 nitrogen and oxygen atoms in total. The second-order valence-corrected chi connectivity index (χ2v) is 21.2. The summed E-state index contributed by atoms with van der Waals surface area (Å²) in [4.78, 5) is 0. The summed E-state index contributed by atoms with van der Waals surface area (Å²) < 4.78 is 0. The molecule has 0 amide bonds. The van der Waals surface area contributed by atoms with Crippen LogP contribution in [-0.2, 0) is 0 Å². The summed E-state index contributed by atoms with van der Waals surface area (Å²) in [6, 6.07) is 18.9. The second kappa shape index (κ2) is 6.93. The van der Waals surface area contributed by atoms with Crippen LogP contribution in [0.3, 0.4) is 0 Å². The fraction of sp³-hybridized carbons (Fsp3) is 0.273. The quantitative estimate of drug-likeness (QED) is 0.172. The Labute approximate surface area is 176 Å². The van der Waals surface area contributed by atoms with Crippen molar-refractivity contribution in [1.29, 1.82) is 0 Å². The molecule has 0 aliphatic rings. The van der Waals surface area contributed by atoms with E-state index in [1.54, 1.807) is 5.19 Å². The number of benzene rings is 4. The number of halogens is 3. The van der Waals surface area contributed by atoms with Gasteiger partial charge in [0.25, 0.3) is 0 Å². The maximum Gasteiger partial charge on any atom is 0.372 e. The van der Waals surface area contributed by atoms with Crippen LogP contribution in [0.4, 0.5) is 0 Å². The Hall–Kier alpha value is -0.776. The topological polar surface area (TPSA) is 0 Å². The Kier molecular flexibility index (Phi) is 5.01.